The second-order valence-corrected chi connectivity index (χ2v) is 6.13. The first-order valence-corrected chi connectivity index (χ1v) is 8.77. The molecular formula is C15H14ClN9O5. The summed E-state index contributed by atoms with van der Waals surface area (Å²) in [6, 6.07) is 0. The van der Waals surface area contributed by atoms with Gasteiger partial charge >= 0.3 is 17.6 Å². The Bertz CT molecular complexity index is 1080. The molecule has 0 saturated heterocycles. The van der Waals surface area contributed by atoms with Crippen molar-refractivity contribution in [3.05, 3.63) is 56.8 Å². The molecule has 14 nitrogen and oxygen atoms in total. The summed E-state index contributed by atoms with van der Waals surface area (Å²) >= 11 is 5.87. The third-order valence-electron chi connectivity index (χ3n) is 3.73. The van der Waals surface area contributed by atoms with Gasteiger partial charge in [0, 0.05) is 25.5 Å². The first-order chi connectivity index (χ1) is 14.4. The van der Waals surface area contributed by atoms with E-state index >= 15 is 0 Å². The van der Waals surface area contributed by atoms with Crippen molar-refractivity contribution in [2.45, 2.75) is 13.5 Å². The van der Waals surface area contributed by atoms with Crippen LogP contribution in [0.4, 0.5) is 5.82 Å². The van der Waals surface area contributed by atoms with Gasteiger partial charge in [0.25, 0.3) is 5.91 Å². The van der Waals surface area contributed by atoms with Crippen LogP contribution in [0, 0.1) is 17.0 Å². The normalized spacial score (nSPS) is 10.6. The van der Waals surface area contributed by atoms with E-state index in [1.165, 1.54) is 23.3 Å². The SMILES string of the molecule is Cc1c(Cl)c([N+](=O)[O-])nn1Cc1noc(C(=O)NCCNC(=O)c2cnccn2)n1. The highest BCUT2D eigenvalue weighted by Gasteiger charge is 2.25. The molecule has 0 radical (unpaired) electrons. The number of nitro groups is 1. The highest BCUT2D eigenvalue weighted by atomic mass is 35.5. The largest absolute Gasteiger partial charge is 0.408 e. The predicted molar refractivity (Wildman–Crippen MR) is 98.7 cm³/mol. The molecule has 0 saturated carbocycles. The van der Waals surface area contributed by atoms with Crippen molar-refractivity contribution in [1.82, 2.24) is 40.5 Å². The molecule has 2 N–H and O–H groups in total. The van der Waals surface area contributed by atoms with E-state index in [9.17, 15) is 19.7 Å². The van der Waals surface area contributed by atoms with Gasteiger partial charge in [0.2, 0.25) is 0 Å². The minimum absolute atomic E-state index is 0.0771. The average molecular weight is 436 g/mol. The lowest BCUT2D eigenvalue weighted by Gasteiger charge is -2.04. The van der Waals surface area contributed by atoms with Gasteiger partial charge in [-0.2, -0.15) is 9.67 Å². The number of rotatable bonds is 8. The van der Waals surface area contributed by atoms with E-state index in [0.29, 0.717) is 5.69 Å². The van der Waals surface area contributed by atoms with Gasteiger partial charge in [-0.3, -0.25) is 14.6 Å². The molecule has 0 bridgehead atoms. The van der Waals surface area contributed by atoms with Crippen molar-refractivity contribution in [3.8, 4) is 0 Å². The van der Waals surface area contributed by atoms with Crippen molar-refractivity contribution in [2.75, 3.05) is 13.1 Å². The Hall–Kier alpha value is -3.94. The topological polar surface area (TPSA) is 184 Å². The van der Waals surface area contributed by atoms with Crippen LogP contribution in [0.5, 0.6) is 0 Å². The smallest absolute Gasteiger partial charge is 0.358 e. The van der Waals surface area contributed by atoms with E-state index in [4.69, 9.17) is 16.1 Å². The molecule has 0 atom stereocenters. The van der Waals surface area contributed by atoms with Crippen LogP contribution in [0.2, 0.25) is 5.02 Å². The molecule has 3 heterocycles. The third kappa shape index (κ3) is 4.72. The molecular weight excluding hydrogens is 422 g/mol. The maximum atomic E-state index is 12.1. The van der Waals surface area contributed by atoms with E-state index < -0.39 is 22.6 Å². The molecule has 156 valence electrons. The van der Waals surface area contributed by atoms with Gasteiger partial charge in [-0.15, -0.1) is 0 Å². The van der Waals surface area contributed by atoms with Gasteiger partial charge in [-0.25, -0.2) is 4.98 Å². The Balaban J connectivity index is 1.51. The standard InChI is InChI=1S/C15H14ClN9O5/c1-8-11(16)12(25(28)29)22-24(8)7-10-21-15(30-23-10)14(27)20-5-4-19-13(26)9-6-17-2-3-18-9/h2-3,6H,4-5,7H2,1H3,(H,19,26)(H,20,27). The maximum absolute atomic E-state index is 12.1. The molecule has 0 aliphatic carbocycles. The zero-order chi connectivity index (χ0) is 21.7. The molecule has 3 aromatic rings. The number of carbonyl (C=O) groups excluding carboxylic acids is 2. The van der Waals surface area contributed by atoms with Crippen LogP contribution >= 0.6 is 11.6 Å². The average Bonchev–Trinajstić information content (AvgIpc) is 3.32. The van der Waals surface area contributed by atoms with Crippen LogP contribution in [0.3, 0.4) is 0 Å². The van der Waals surface area contributed by atoms with Crippen molar-refractivity contribution >= 4 is 29.2 Å². The van der Waals surface area contributed by atoms with Gasteiger partial charge in [-0.1, -0.05) is 16.8 Å². The van der Waals surface area contributed by atoms with Gasteiger partial charge < -0.3 is 25.3 Å². The summed E-state index contributed by atoms with van der Waals surface area (Å²) in [5.74, 6) is -1.80. The predicted octanol–water partition coefficient (Wildman–Crippen LogP) is 0.134. The fraction of sp³-hybridized carbons (Fsp3) is 0.267. The van der Waals surface area contributed by atoms with Crippen molar-refractivity contribution in [2.24, 2.45) is 0 Å². The summed E-state index contributed by atoms with van der Waals surface area (Å²) in [7, 11) is 0. The van der Waals surface area contributed by atoms with E-state index in [1.54, 1.807) is 6.92 Å². The van der Waals surface area contributed by atoms with Crippen molar-refractivity contribution in [3.63, 3.8) is 0 Å². The minimum Gasteiger partial charge on any atom is -0.358 e. The summed E-state index contributed by atoms with van der Waals surface area (Å²) in [4.78, 5) is 45.6. The van der Waals surface area contributed by atoms with E-state index in [2.05, 4.69) is 35.8 Å². The monoisotopic (exact) mass is 435 g/mol. The van der Waals surface area contributed by atoms with E-state index in [0.717, 1.165) is 0 Å². The Kier molecular flexibility index (Phi) is 6.26. The molecule has 2 amide bonds. The van der Waals surface area contributed by atoms with Crippen LogP contribution in [0.25, 0.3) is 0 Å². The van der Waals surface area contributed by atoms with E-state index in [-0.39, 0.29) is 42.1 Å². The number of amides is 2. The summed E-state index contributed by atoms with van der Waals surface area (Å²) in [6.07, 6.45) is 4.15. The Morgan fingerprint density at radius 3 is 2.63 bits per heavy atom. The number of halogens is 1. The highest BCUT2D eigenvalue weighted by Crippen LogP contribution is 2.26. The lowest BCUT2D eigenvalue weighted by Crippen LogP contribution is -2.35. The molecule has 30 heavy (non-hydrogen) atoms. The van der Waals surface area contributed by atoms with Crippen LogP contribution in [0.15, 0.2) is 23.1 Å². The number of aromatic nitrogens is 6. The summed E-state index contributed by atoms with van der Waals surface area (Å²) in [5, 5.41) is 23.3. The number of nitrogens with zero attached hydrogens (tertiary/aromatic N) is 7. The maximum Gasteiger partial charge on any atom is 0.408 e. The van der Waals surface area contributed by atoms with Crippen LogP contribution in [-0.4, -0.2) is 59.7 Å². The molecule has 3 aromatic heterocycles. The van der Waals surface area contributed by atoms with Crippen LogP contribution < -0.4 is 10.6 Å². The Morgan fingerprint density at radius 2 is 2.00 bits per heavy atom. The van der Waals surface area contributed by atoms with E-state index in [1.807, 2.05) is 0 Å². The first kappa shape index (κ1) is 20.8. The quantitative estimate of drug-likeness (QED) is 0.280. The molecule has 0 unspecified atom stereocenters. The molecule has 0 aliphatic rings. The van der Waals surface area contributed by atoms with Gasteiger partial charge in [-0.05, 0) is 11.8 Å². The van der Waals surface area contributed by atoms with Crippen molar-refractivity contribution < 1.29 is 19.0 Å². The minimum atomic E-state index is -0.704. The fourth-order valence-corrected chi connectivity index (χ4v) is 2.46. The number of hydrogen-bond acceptors (Lipinski definition) is 10. The molecule has 0 aliphatic heterocycles. The van der Waals surface area contributed by atoms with Crippen molar-refractivity contribution in [1.29, 1.82) is 0 Å². The molecule has 0 aromatic carbocycles. The number of carbonyl (C=O) groups is 2. The highest BCUT2D eigenvalue weighted by molar-refractivity contribution is 6.33. The lowest BCUT2D eigenvalue weighted by molar-refractivity contribution is -0.389. The lowest BCUT2D eigenvalue weighted by atomic mass is 10.4. The Morgan fingerprint density at radius 1 is 1.27 bits per heavy atom. The zero-order valence-corrected chi connectivity index (χ0v) is 16.2. The van der Waals surface area contributed by atoms with Crippen LogP contribution in [0.1, 0.15) is 32.7 Å². The molecule has 3 rings (SSSR count). The zero-order valence-electron chi connectivity index (χ0n) is 15.4. The molecule has 0 spiro atoms. The van der Waals surface area contributed by atoms with Gasteiger partial charge in [0.1, 0.15) is 12.2 Å². The van der Waals surface area contributed by atoms with Crippen LogP contribution in [-0.2, 0) is 6.54 Å². The second-order valence-electron chi connectivity index (χ2n) is 5.76. The Labute approximate surface area is 172 Å². The summed E-state index contributed by atoms with van der Waals surface area (Å²) < 4.78 is 6.11. The summed E-state index contributed by atoms with van der Waals surface area (Å²) in [5.41, 5.74) is 0.498. The van der Waals surface area contributed by atoms with Gasteiger partial charge in [0.15, 0.2) is 10.8 Å². The van der Waals surface area contributed by atoms with Gasteiger partial charge in [0.05, 0.1) is 17.0 Å². The number of nitrogens with one attached hydrogen (secondary N) is 2. The number of hydrogen-bond donors (Lipinski definition) is 2. The molecule has 0 fully saturated rings. The third-order valence-corrected chi connectivity index (χ3v) is 4.18. The fourth-order valence-electron chi connectivity index (χ4n) is 2.26. The molecule has 15 heteroatoms. The first-order valence-electron chi connectivity index (χ1n) is 8.39. The summed E-state index contributed by atoms with van der Waals surface area (Å²) in [6.45, 7) is 1.70. The second kappa shape index (κ2) is 9.04.